The first-order valence-electron chi connectivity index (χ1n) is 11.7. The molecule has 1 aliphatic carbocycles. The number of hydrogen-bond donors (Lipinski definition) is 2. The Labute approximate surface area is 194 Å². The van der Waals surface area contributed by atoms with Crippen molar-refractivity contribution in [3.63, 3.8) is 0 Å². The number of carbonyl (C=O) groups excluding carboxylic acids is 1. The summed E-state index contributed by atoms with van der Waals surface area (Å²) in [5.74, 6) is 1.28. The Morgan fingerprint density at radius 2 is 1.70 bits per heavy atom. The molecule has 170 valence electrons. The van der Waals surface area contributed by atoms with Gasteiger partial charge in [-0.3, -0.25) is 4.79 Å². The summed E-state index contributed by atoms with van der Waals surface area (Å²) in [6.45, 7) is 1.93. The summed E-state index contributed by atoms with van der Waals surface area (Å²) >= 11 is 0. The van der Waals surface area contributed by atoms with E-state index in [-0.39, 0.29) is 29.2 Å². The lowest BCUT2D eigenvalue weighted by Gasteiger charge is -2.35. The van der Waals surface area contributed by atoms with Crippen molar-refractivity contribution in [1.82, 2.24) is 4.90 Å². The molecule has 0 saturated carbocycles. The minimum absolute atomic E-state index is 0.000394. The average molecular weight is 444 g/mol. The van der Waals surface area contributed by atoms with Crippen molar-refractivity contribution in [2.45, 2.75) is 37.5 Å². The van der Waals surface area contributed by atoms with Gasteiger partial charge in [0, 0.05) is 24.4 Å². The average Bonchev–Trinajstić information content (AvgIpc) is 3.26. The minimum atomic E-state index is -0.0640. The number of benzene rings is 3. The van der Waals surface area contributed by atoms with Gasteiger partial charge in [-0.05, 0) is 60.1 Å². The molecule has 0 aromatic heterocycles. The third-order valence-corrected chi connectivity index (χ3v) is 7.01. The van der Waals surface area contributed by atoms with Crippen molar-refractivity contribution in [3.05, 3.63) is 89.0 Å². The second-order valence-corrected chi connectivity index (χ2v) is 8.94. The number of phenolic OH excluding ortho intramolecular Hbond substituents is 2. The van der Waals surface area contributed by atoms with Crippen LogP contribution in [0.2, 0.25) is 0 Å². The second kappa shape index (κ2) is 9.18. The molecule has 5 nitrogen and oxygen atoms in total. The Balaban J connectivity index is 1.40. The van der Waals surface area contributed by atoms with Gasteiger partial charge in [0.05, 0.1) is 6.54 Å². The summed E-state index contributed by atoms with van der Waals surface area (Å²) in [6.07, 6.45) is 3.20. The number of amides is 1. The van der Waals surface area contributed by atoms with E-state index in [9.17, 15) is 15.0 Å². The lowest BCUT2D eigenvalue weighted by molar-refractivity contribution is -0.128. The molecule has 1 saturated heterocycles. The lowest BCUT2D eigenvalue weighted by Crippen LogP contribution is -2.29. The fraction of sp³-hybridized carbons (Fsp3) is 0.321. The number of rotatable bonds is 6. The van der Waals surface area contributed by atoms with Gasteiger partial charge in [-0.25, -0.2) is 0 Å². The molecule has 5 heteroatoms. The van der Waals surface area contributed by atoms with E-state index in [1.54, 1.807) is 6.07 Å². The number of phenols is 2. The van der Waals surface area contributed by atoms with Gasteiger partial charge in [-0.2, -0.15) is 0 Å². The number of likely N-dealkylation sites (tertiary alicyclic amines) is 1. The molecular formula is C28H29NO4. The van der Waals surface area contributed by atoms with E-state index in [0.717, 1.165) is 48.2 Å². The number of fused-ring (bicyclic) bond motifs is 1. The summed E-state index contributed by atoms with van der Waals surface area (Å²) in [5.41, 5.74) is 4.32. The van der Waals surface area contributed by atoms with Crippen LogP contribution < -0.4 is 4.74 Å². The maximum Gasteiger partial charge on any atom is 0.222 e. The number of aromatic hydroxyl groups is 2. The maximum atomic E-state index is 11.8. The van der Waals surface area contributed by atoms with Crippen LogP contribution >= 0.6 is 0 Å². The van der Waals surface area contributed by atoms with Gasteiger partial charge in [0.2, 0.25) is 5.91 Å². The first-order valence-corrected chi connectivity index (χ1v) is 11.7. The highest BCUT2D eigenvalue weighted by molar-refractivity contribution is 5.78. The zero-order valence-corrected chi connectivity index (χ0v) is 18.6. The van der Waals surface area contributed by atoms with Gasteiger partial charge in [0.1, 0.15) is 12.4 Å². The lowest BCUT2D eigenvalue weighted by atomic mass is 9.69. The smallest absolute Gasteiger partial charge is 0.222 e. The number of ether oxygens (including phenoxy) is 1. The molecule has 0 unspecified atom stereocenters. The molecule has 1 fully saturated rings. The summed E-state index contributed by atoms with van der Waals surface area (Å²) in [6, 6.07) is 22.2. The predicted octanol–water partition coefficient (Wildman–Crippen LogP) is 4.96. The zero-order chi connectivity index (χ0) is 22.8. The minimum Gasteiger partial charge on any atom is -0.504 e. The summed E-state index contributed by atoms with van der Waals surface area (Å²) in [5, 5.41) is 20.6. The molecule has 0 spiro atoms. The van der Waals surface area contributed by atoms with E-state index in [1.165, 1.54) is 5.56 Å². The Hall–Kier alpha value is -3.47. The fourth-order valence-corrected chi connectivity index (χ4v) is 5.33. The molecule has 1 amide bonds. The second-order valence-electron chi connectivity index (χ2n) is 8.94. The molecule has 2 aliphatic rings. The van der Waals surface area contributed by atoms with Crippen LogP contribution in [0.25, 0.3) is 0 Å². The van der Waals surface area contributed by atoms with Gasteiger partial charge >= 0.3 is 0 Å². The van der Waals surface area contributed by atoms with Crippen LogP contribution in [-0.2, 0) is 11.2 Å². The van der Waals surface area contributed by atoms with Gasteiger partial charge in [-0.1, -0.05) is 48.5 Å². The Morgan fingerprint density at radius 3 is 2.42 bits per heavy atom. The molecule has 0 radical (unpaired) electrons. The van der Waals surface area contributed by atoms with Crippen LogP contribution in [0, 0.1) is 0 Å². The van der Waals surface area contributed by atoms with Gasteiger partial charge < -0.3 is 19.8 Å². The van der Waals surface area contributed by atoms with Gasteiger partial charge in [0.15, 0.2) is 11.5 Å². The number of hydrogen-bond acceptors (Lipinski definition) is 4. The zero-order valence-electron chi connectivity index (χ0n) is 18.6. The van der Waals surface area contributed by atoms with E-state index >= 15 is 0 Å². The van der Waals surface area contributed by atoms with Crippen LogP contribution in [-0.4, -0.2) is 40.7 Å². The van der Waals surface area contributed by atoms with Crippen molar-refractivity contribution < 1.29 is 19.7 Å². The highest BCUT2D eigenvalue weighted by atomic mass is 16.5. The summed E-state index contributed by atoms with van der Waals surface area (Å²) < 4.78 is 5.91. The van der Waals surface area contributed by atoms with Crippen LogP contribution in [0.5, 0.6) is 17.2 Å². The van der Waals surface area contributed by atoms with Crippen LogP contribution in [0.3, 0.4) is 0 Å². The topological polar surface area (TPSA) is 70.0 Å². The molecule has 5 rings (SSSR count). The Morgan fingerprint density at radius 1 is 0.909 bits per heavy atom. The van der Waals surface area contributed by atoms with E-state index in [2.05, 4.69) is 36.4 Å². The van der Waals surface area contributed by atoms with E-state index in [0.29, 0.717) is 19.6 Å². The predicted molar refractivity (Wildman–Crippen MR) is 127 cm³/mol. The van der Waals surface area contributed by atoms with Crippen molar-refractivity contribution in [2.75, 3.05) is 19.7 Å². The summed E-state index contributed by atoms with van der Waals surface area (Å²) in [4.78, 5) is 13.6. The SMILES string of the molecule is O=C1CCCN1CCOc1ccc([C@@H]2c3ccc(O)c(O)c3CC[C@@H]2c2ccccc2)cc1. The largest absolute Gasteiger partial charge is 0.504 e. The molecule has 1 heterocycles. The fourth-order valence-electron chi connectivity index (χ4n) is 5.33. The van der Waals surface area contributed by atoms with Crippen LogP contribution in [0.15, 0.2) is 66.7 Å². The molecular weight excluding hydrogens is 414 g/mol. The molecule has 33 heavy (non-hydrogen) atoms. The van der Waals surface area contributed by atoms with Crippen molar-refractivity contribution in [1.29, 1.82) is 0 Å². The molecule has 2 atom stereocenters. The van der Waals surface area contributed by atoms with Crippen molar-refractivity contribution >= 4 is 5.91 Å². The third kappa shape index (κ3) is 4.28. The quantitative estimate of drug-likeness (QED) is 0.528. The highest BCUT2D eigenvalue weighted by Crippen LogP contribution is 2.50. The molecule has 2 N–H and O–H groups in total. The Kier molecular flexibility index (Phi) is 5.95. The van der Waals surface area contributed by atoms with Gasteiger partial charge in [-0.15, -0.1) is 0 Å². The molecule has 3 aromatic carbocycles. The number of nitrogens with zero attached hydrogens (tertiary/aromatic N) is 1. The monoisotopic (exact) mass is 443 g/mol. The van der Waals surface area contributed by atoms with Crippen molar-refractivity contribution in [2.24, 2.45) is 0 Å². The molecule has 1 aliphatic heterocycles. The first-order chi connectivity index (χ1) is 16.1. The first kappa shape index (κ1) is 21.4. The van der Waals surface area contributed by atoms with Crippen LogP contribution in [0.1, 0.15) is 53.4 Å². The van der Waals surface area contributed by atoms with E-state index in [1.807, 2.05) is 29.2 Å². The normalized spacial score (nSPS) is 20.0. The molecule has 3 aromatic rings. The maximum absolute atomic E-state index is 11.8. The van der Waals surface area contributed by atoms with Crippen LogP contribution in [0.4, 0.5) is 0 Å². The van der Waals surface area contributed by atoms with Gasteiger partial charge in [0.25, 0.3) is 0 Å². The molecule has 0 bridgehead atoms. The highest BCUT2D eigenvalue weighted by Gasteiger charge is 2.34. The standard InChI is InChI=1S/C28H29NO4/c30-25-15-14-23-24(28(25)32)13-12-22(19-5-2-1-3-6-19)27(23)20-8-10-21(11-9-20)33-18-17-29-16-4-7-26(29)31/h1-3,5-6,8-11,14-15,22,27,30,32H,4,7,12-13,16-18H2/t22-,27+/m1/s1. The Bertz CT molecular complexity index is 1130. The van der Waals surface area contributed by atoms with Crippen molar-refractivity contribution in [3.8, 4) is 17.2 Å². The van der Waals surface area contributed by atoms with E-state index < -0.39 is 0 Å². The van der Waals surface area contributed by atoms with E-state index in [4.69, 9.17) is 4.74 Å². The third-order valence-electron chi connectivity index (χ3n) is 7.01. The summed E-state index contributed by atoms with van der Waals surface area (Å²) in [7, 11) is 0. The number of carbonyl (C=O) groups is 1.